The molecular formula is C30H29F4N7O. The fourth-order valence-corrected chi connectivity index (χ4v) is 5.15. The minimum atomic E-state index is -4.81. The maximum atomic E-state index is 14.2. The molecule has 0 atom stereocenters. The number of aromatic nitrogens is 4. The van der Waals surface area contributed by atoms with Crippen molar-refractivity contribution in [1.82, 2.24) is 25.1 Å². The molecular weight excluding hydrogens is 550 g/mol. The van der Waals surface area contributed by atoms with Crippen molar-refractivity contribution in [2.24, 2.45) is 0 Å². The van der Waals surface area contributed by atoms with Crippen LogP contribution in [-0.4, -0.2) is 57.0 Å². The van der Waals surface area contributed by atoms with Crippen molar-refractivity contribution in [2.45, 2.75) is 37.9 Å². The van der Waals surface area contributed by atoms with Crippen LogP contribution in [0, 0.1) is 5.82 Å². The Morgan fingerprint density at radius 2 is 1.71 bits per heavy atom. The van der Waals surface area contributed by atoms with Crippen LogP contribution in [-0.2, 0) is 19.1 Å². The largest absolute Gasteiger partial charge is 0.417 e. The summed E-state index contributed by atoms with van der Waals surface area (Å²) >= 11 is 0. The van der Waals surface area contributed by atoms with Gasteiger partial charge in [0.05, 0.1) is 11.1 Å². The van der Waals surface area contributed by atoms with E-state index in [0.717, 1.165) is 61.5 Å². The molecule has 0 unspecified atom stereocenters. The van der Waals surface area contributed by atoms with Gasteiger partial charge in [-0.2, -0.15) is 23.3 Å². The zero-order valence-corrected chi connectivity index (χ0v) is 22.7. The molecule has 0 spiro atoms. The highest BCUT2D eigenvalue weighted by Crippen LogP contribution is 2.39. The van der Waals surface area contributed by atoms with E-state index in [4.69, 9.17) is 0 Å². The van der Waals surface area contributed by atoms with Crippen molar-refractivity contribution in [3.05, 3.63) is 94.6 Å². The van der Waals surface area contributed by atoms with Crippen LogP contribution in [0.2, 0.25) is 0 Å². The average molecular weight is 580 g/mol. The third-order valence-electron chi connectivity index (χ3n) is 7.56. The van der Waals surface area contributed by atoms with Gasteiger partial charge in [0, 0.05) is 63.0 Å². The summed E-state index contributed by atoms with van der Waals surface area (Å²) in [5, 5.41) is 10.6. The number of aromatic amines is 1. The van der Waals surface area contributed by atoms with E-state index >= 15 is 0 Å². The van der Waals surface area contributed by atoms with E-state index in [-0.39, 0.29) is 6.42 Å². The number of nitrogens with zero attached hydrogens (tertiary/aromatic N) is 5. The van der Waals surface area contributed by atoms with Gasteiger partial charge in [0.25, 0.3) is 0 Å². The Balaban J connectivity index is 1.01. The third-order valence-corrected chi connectivity index (χ3v) is 7.56. The van der Waals surface area contributed by atoms with Crippen LogP contribution >= 0.6 is 0 Å². The molecule has 1 aliphatic heterocycles. The molecule has 2 aromatic heterocycles. The molecule has 2 aliphatic rings. The smallest absolute Gasteiger partial charge is 0.338 e. The molecule has 3 heterocycles. The van der Waals surface area contributed by atoms with Crippen LogP contribution in [0.4, 0.5) is 35.1 Å². The molecule has 1 aliphatic carbocycles. The molecule has 2 aromatic carbocycles. The van der Waals surface area contributed by atoms with Crippen LogP contribution in [0.5, 0.6) is 0 Å². The molecule has 42 heavy (non-hydrogen) atoms. The summed E-state index contributed by atoms with van der Waals surface area (Å²) in [6.07, 6.45) is -1.01. The second-order valence-electron chi connectivity index (χ2n) is 10.7. The molecule has 1 saturated heterocycles. The number of carbonyl (C=O) groups is 1. The molecule has 1 saturated carbocycles. The molecule has 218 valence electrons. The summed E-state index contributed by atoms with van der Waals surface area (Å²) in [5.74, 6) is 0.583. The number of rotatable bonds is 9. The normalized spacial score (nSPS) is 16.0. The zero-order valence-electron chi connectivity index (χ0n) is 22.7. The molecule has 8 nitrogen and oxygen atoms in total. The van der Waals surface area contributed by atoms with Gasteiger partial charge >= 0.3 is 6.18 Å². The number of nitrogens with one attached hydrogen (secondary N) is 2. The molecule has 6 rings (SSSR count). The first-order valence-electron chi connectivity index (χ1n) is 13.8. The lowest BCUT2D eigenvalue weighted by Gasteiger charge is -2.34. The number of hydrogen-bond acceptors (Lipinski definition) is 7. The number of hydrogen-bond donors (Lipinski definition) is 2. The highest BCUT2D eigenvalue weighted by atomic mass is 19.4. The van der Waals surface area contributed by atoms with Crippen LogP contribution in [0.25, 0.3) is 0 Å². The molecule has 0 bridgehead atoms. The van der Waals surface area contributed by atoms with Crippen molar-refractivity contribution >= 4 is 23.4 Å². The van der Waals surface area contributed by atoms with E-state index in [9.17, 15) is 22.4 Å². The maximum absolute atomic E-state index is 14.2. The summed E-state index contributed by atoms with van der Waals surface area (Å²) in [6, 6.07) is 13.5. The van der Waals surface area contributed by atoms with Gasteiger partial charge in [-0.05, 0) is 42.2 Å². The second-order valence-corrected chi connectivity index (χ2v) is 10.7. The number of alkyl halides is 3. The van der Waals surface area contributed by atoms with Gasteiger partial charge < -0.3 is 10.2 Å². The topological polar surface area (TPSA) is 90.0 Å². The van der Waals surface area contributed by atoms with Crippen molar-refractivity contribution < 1.29 is 22.4 Å². The van der Waals surface area contributed by atoms with Crippen molar-refractivity contribution in [1.29, 1.82) is 0 Å². The van der Waals surface area contributed by atoms with Gasteiger partial charge in [-0.3, -0.25) is 14.8 Å². The highest BCUT2D eigenvalue weighted by Gasteiger charge is 2.36. The summed E-state index contributed by atoms with van der Waals surface area (Å²) in [5.41, 5.74) is 0.508. The van der Waals surface area contributed by atoms with Gasteiger partial charge in [0.2, 0.25) is 5.95 Å². The Morgan fingerprint density at radius 3 is 2.43 bits per heavy atom. The predicted octanol–water partition coefficient (Wildman–Crippen LogP) is 5.73. The zero-order chi connectivity index (χ0) is 29.3. The lowest BCUT2D eigenvalue weighted by Crippen LogP contribution is -2.46. The Kier molecular flexibility index (Phi) is 7.63. The number of anilines is 3. The summed E-state index contributed by atoms with van der Waals surface area (Å²) in [6.45, 7) is 3.75. The van der Waals surface area contributed by atoms with Crippen LogP contribution in [0.15, 0.2) is 60.8 Å². The van der Waals surface area contributed by atoms with E-state index < -0.39 is 28.9 Å². The number of carbonyl (C=O) groups excluding carboxylic acids is 1. The van der Waals surface area contributed by atoms with Crippen molar-refractivity contribution in [2.75, 3.05) is 36.4 Å². The first kappa shape index (κ1) is 27.8. The Labute approximate surface area is 239 Å². The Morgan fingerprint density at radius 1 is 0.976 bits per heavy atom. The molecule has 4 aromatic rings. The van der Waals surface area contributed by atoms with Crippen molar-refractivity contribution in [3.63, 3.8) is 0 Å². The number of Topliss-reactive ketones (excluding diaryl/α,β-unsaturated/α-hetero) is 1. The summed E-state index contributed by atoms with van der Waals surface area (Å²) in [7, 11) is 0. The molecule has 12 heteroatoms. The average Bonchev–Trinajstić information content (AvgIpc) is 3.72. The first-order chi connectivity index (χ1) is 20.2. The Bertz CT molecular complexity index is 1560. The lowest BCUT2D eigenvalue weighted by atomic mass is 9.97. The van der Waals surface area contributed by atoms with E-state index in [1.165, 1.54) is 12.8 Å². The number of piperazine rings is 1. The first-order valence-corrected chi connectivity index (χ1v) is 13.8. The summed E-state index contributed by atoms with van der Waals surface area (Å²) in [4.78, 5) is 26.2. The van der Waals surface area contributed by atoms with E-state index in [0.29, 0.717) is 29.8 Å². The van der Waals surface area contributed by atoms with E-state index in [1.807, 2.05) is 24.3 Å². The Hall–Kier alpha value is -4.32. The van der Waals surface area contributed by atoms with E-state index in [2.05, 4.69) is 35.3 Å². The van der Waals surface area contributed by atoms with Gasteiger partial charge in [0.15, 0.2) is 11.6 Å². The number of benzene rings is 2. The molecule has 2 fully saturated rings. The van der Waals surface area contributed by atoms with Crippen molar-refractivity contribution in [3.8, 4) is 0 Å². The van der Waals surface area contributed by atoms with Crippen LogP contribution < -0.4 is 10.2 Å². The number of H-pyrrole nitrogens is 1. The van der Waals surface area contributed by atoms with Crippen LogP contribution in [0.3, 0.4) is 0 Å². The highest BCUT2D eigenvalue weighted by molar-refractivity contribution is 5.99. The minimum absolute atomic E-state index is 0.321. The molecule has 0 amide bonds. The van der Waals surface area contributed by atoms with Gasteiger partial charge in [-0.25, -0.2) is 9.37 Å². The summed E-state index contributed by atoms with van der Waals surface area (Å²) < 4.78 is 54.1. The van der Waals surface area contributed by atoms with Gasteiger partial charge in [-0.15, -0.1) is 0 Å². The quantitative estimate of drug-likeness (QED) is 0.194. The fourth-order valence-electron chi connectivity index (χ4n) is 5.15. The number of halogens is 4. The third kappa shape index (κ3) is 6.43. The molecule has 2 N–H and O–H groups in total. The van der Waals surface area contributed by atoms with Gasteiger partial charge in [-0.1, -0.05) is 30.3 Å². The molecule has 0 radical (unpaired) electrons. The lowest BCUT2D eigenvalue weighted by molar-refractivity contribution is -0.138. The van der Waals surface area contributed by atoms with Gasteiger partial charge in [0.1, 0.15) is 11.6 Å². The predicted molar refractivity (Wildman–Crippen MR) is 149 cm³/mol. The van der Waals surface area contributed by atoms with E-state index in [1.54, 1.807) is 18.3 Å². The van der Waals surface area contributed by atoms with Crippen LogP contribution in [0.1, 0.15) is 51.5 Å². The second kappa shape index (κ2) is 11.5. The minimum Gasteiger partial charge on any atom is -0.338 e. The maximum Gasteiger partial charge on any atom is 0.417 e. The fraction of sp³-hybridized carbons (Fsp3) is 0.333. The monoisotopic (exact) mass is 579 g/mol. The SMILES string of the molecule is O=C(Cc1ccc(CN2CCN(c3nccc(Nc4cc(C5CC5)[nH]n4)n3)CC2)cc1)c1c(F)cccc1C(F)(F)F. The standard InChI is InChI=1S/C30H29F4N7O/c31-23-3-1-2-22(30(32,33)34)28(23)25(42)16-19-4-6-20(7-5-19)18-40-12-14-41(15-13-40)29-35-11-10-26(37-29)36-27-17-24(38-39-27)21-8-9-21/h1-7,10-11,17,21H,8-9,12-16,18H2,(H2,35,36,37,38,39). The number of ketones is 1.